The van der Waals surface area contributed by atoms with Crippen molar-refractivity contribution in [3.63, 3.8) is 0 Å². The van der Waals surface area contributed by atoms with Crippen molar-refractivity contribution in [2.75, 3.05) is 0 Å². The largest absolute Gasteiger partial charge is 0.258 e. The Morgan fingerprint density at radius 2 is 2.06 bits per heavy atom. The second kappa shape index (κ2) is 5.37. The Morgan fingerprint density at radius 1 is 1.29 bits per heavy atom. The van der Waals surface area contributed by atoms with Crippen molar-refractivity contribution in [1.29, 1.82) is 0 Å². The summed E-state index contributed by atoms with van der Waals surface area (Å²) in [6.45, 7) is 0. The topological polar surface area (TPSA) is 59.1 Å². The number of pyridine rings is 1. The van der Waals surface area contributed by atoms with E-state index in [9.17, 15) is 8.42 Å². The first-order chi connectivity index (χ1) is 8.09. The summed E-state index contributed by atoms with van der Waals surface area (Å²) in [5, 5.41) is 0.174. The molecule has 1 saturated carbocycles. The monoisotopic (exact) mass is 272 g/mol. The highest BCUT2D eigenvalue weighted by Crippen LogP contribution is 2.23. The van der Waals surface area contributed by atoms with Crippen molar-refractivity contribution in [2.45, 2.75) is 42.0 Å². The average Bonchev–Trinajstić information content (AvgIpc) is 2.33. The van der Waals surface area contributed by atoms with Gasteiger partial charge in [-0.15, -0.1) is 0 Å². The van der Waals surface area contributed by atoms with Crippen LogP contribution in [0.15, 0.2) is 29.4 Å². The van der Waals surface area contributed by atoms with Crippen LogP contribution in [0.2, 0.25) is 0 Å². The Balaban J connectivity index is 2.12. The van der Waals surface area contributed by atoms with Crippen LogP contribution in [0, 0.1) is 0 Å². The van der Waals surface area contributed by atoms with Crippen LogP contribution < -0.4 is 4.72 Å². The second-order valence-corrected chi connectivity index (χ2v) is 6.57. The molecule has 17 heavy (non-hydrogen) atoms. The quantitative estimate of drug-likeness (QED) is 0.822. The first-order valence-electron chi connectivity index (χ1n) is 5.71. The molecule has 1 N–H and O–H groups in total. The van der Waals surface area contributed by atoms with Crippen molar-refractivity contribution < 1.29 is 8.42 Å². The van der Waals surface area contributed by atoms with E-state index in [1.807, 2.05) is 0 Å². The summed E-state index contributed by atoms with van der Waals surface area (Å²) in [4.78, 5) is 3.87. The SMILES string of the molecule is O=S(=O)(NC1CCCC[C@@H]1S)c1ccccn1. The van der Waals surface area contributed by atoms with Crippen LogP contribution in [0.3, 0.4) is 0 Å². The van der Waals surface area contributed by atoms with Crippen molar-refractivity contribution >= 4 is 22.7 Å². The molecule has 2 atom stereocenters. The Morgan fingerprint density at radius 3 is 2.71 bits per heavy atom. The van der Waals surface area contributed by atoms with E-state index in [1.54, 1.807) is 12.1 Å². The lowest BCUT2D eigenvalue weighted by atomic mass is 9.96. The van der Waals surface area contributed by atoms with Crippen LogP contribution in [-0.2, 0) is 10.0 Å². The lowest BCUT2D eigenvalue weighted by Gasteiger charge is -2.28. The van der Waals surface area contributed by atoms with Crippen LogP contribution >= 0.6 is 12.6 Å². The maximum atomic E-state index is 12.0. The lowest BCUT2D eigenvalue weighted by molar-refractivity contribution is 0.424. The van der Waals surface area contributed by atoms with E-state index in [0.717, 1.165) is 25.7 Å². The number of hydrogen-bond acceptors (Lipinski definition) is 4. The fourth-order valence-electron chi connectivity index (χ4n) is 2.01. The normalized spacial score (nSPS) is 25.7. The summed E-state index contributed by atoms with van der Waals surface area (Å²) in [5.74, 6) is 0. The molecule has 2 rings (SSSR count). The molecule has 1 heterocycles. The van der Waals surface area contributed by atoms with E-state index in [1.165, 1.54) is 12.3 Å². The molecule has 1 aliphatic rings. The molecule has 1 fully saturated rings. The molecule has 4 nitrogen and oxygen atoms in total. The van der Waals surface area contributed by atoms with E-state index in [-0.39, 0.29) is 16.3 Å². The van der Waals surface area contributed by atoms with E-state index >= 15 is 0 Å². The fraction of sp³-hybridized carbons (Fsp3) is 0.545. The number of hydrogen-bond donors (Lipinski definition) is 2. The van der Waals surface area contributed by atoms with Gasteiger partial charge in [0.1, 0.15) is 0 Å². The number of thiol groups is 1. The zero-order valence-corrected chi connectivity index (χ0v) is 11.1. The van der Waals surface area contributed by atoms with Crippen LogP contribution in [-0.4, -0.2) is 24.7 Å². The van der Waals surface area contributed by atoms with Gasteiger partial charge in [-0.2, -0.15) is 12.6 Å². The van der Waals surface area contributed by atoms with Gasteiger partial charge in [0, 0.05) is 17.5 Å². The van der Waals surface area contributed by atoms with Crippen molar-refractivity contribution in [2.24, 2.45) is 0 Å². The lowest BCUT2D eigenvalue weighted by Crippen LogP contribution is -2.43. The first-order valence-corrected chi connectivity index (χ1v) is 7.71. The summed E-state index contributed by atoms with van der Waals surface area (Å²) in [7, 11) is -3.50. The zero-order chi connectivity index (χ0) is 12.3. The molecule has 1 unspecified atom stereocenters. The molecular formula is C11H16N2O2S2. The molecule has 0 radical (unpaired) electrons. The highest BCUT2D eigenvalue weighted by atomic mass is 32.2. The molecule has 94 valence electrons. The van der Waals surface area contributed by atoms with Crippen LogP contribution in [0.5, 0.6) is 0 Å². The molecular weight excluding hydrogens is 256 g/mol. The summed E-state index contributed by atoms with van der Waals surface area (Å²) < 4.78 is 26.8. The van der Waals surface area contributed by atoms with Crippen molar-refractivity contribution in [1.82, 2.24) is 9.71 Å². The summed E-state index contributed by atoms with van der Waals surface area (Å²) in [6.07, 6.45) is 5.45. The van der Waals surface area contributed by atoms with Gasteiger partial charge in [-0.05, 0) is 25.0 Å². The molecule has 1 aromatic heterocycles. The molecule has 0 aromatic carbocycles. The number of rotatable bonds is 3. The van der Waals surface area contributed by atoms with E-state index in [4.69, 9.17) is 0 Å². The van der Waals surface area contributed by atoms with Gasteiger partial charge in [0.25, 0.3) is 10.0 Å². The van der Waals surface area contributed by atoms with Gasteiger partial charge in [0.2, 0.25) is 0 Å². The standard InChI is InChI=1S/C11H16N2O2S2/c14-17(15,11-7-3-4-8-12-11)13-9-5-1-2-6-10(9)16/h3-4,7-10,13,16H,1-2,5-6H2/t9?,10-/m0/s1. The number of sulfonamides is 1. The molecule has 0 spiro atoms. The number of nitrogens with one attached hydrogen (secondary N) is 1. The van der Waals surface area contributed by atoms with Gasteiger partial charge in [-0.1, -0.05) is 18.9 Å². The average molecular weight is 272 g/mol. The third-order valence-electron chi connectivity index (χ3n) is 2.95. The van der Waals surface area contributed by atoms with Gasteiger partial charge < -0.3 is 0 Å². The van der Waals surface area contributed by atoms with Gasteiger partial charge in [-0.25, -0.2) is 18.1 Å². The Bertz CT molecular complexity index is 462. The highest BCUT2D eigenvalue weighted by molar-refractivity contribution is 7.89. The minimum atomic E-state index is -3.50. The minimum absolute atomic E-state index is 0.0751. The molecule has 0 aliphatic heterocycles. The highest BCUT2D eigenvalue weighted by Gasteiger charge is 2.27. The van der Waals surface area contributed by atoms with Gasteiger partial charge >= 0.3 is 0 Å². The summed E-state index contributed by atoms with van der Waals surface area (Å²) in [6, 6.07) is 4.78. The fourth-order valence-corrected chi connectivity index (χ4v) is 3.78. The van der Waals surface area contributed by atoms with E-state index < -0.39 is 10.0 Å². The summed E-state index contributed by atoms with van der Waals surface area (Å²) >= 11 is 4.43. The van der Waals surface area contributed by atoms with Crippen LogP contribution in [0.25, 0.3) is 0 Å². The van der Waals surface area contributed by atoms with Crippen molar-refractivity contribution in [3.05, 3.63) is 24.4 Å². The molecule has 6 heteroatoms. The molecule has 0 amide bonds. The predicted molar refractivity (Wildman–Crippen MR) is 69.6 cm³/mol. The Kier molecular flexibility index (Phi) is 4.06. The third kappa shape index (κ3) is 3.20. The van der Waals surface area contributed by atoms with E-state index in [0.29, 0.717) is 0 Å². The summed E-state index contributed by atoms with van der Waals surface area (Å²) in [5.41, 5.74) is 0. The van der Waals surface area contributed by atoms with Crippen LogP contribution in [0.4, 0.5) is 0 Å². The molecule has 0 saturated heterocycles. The van der Waals surface area contributed by atoms with Gasteiger partial charge in [-0.3, -0.25) is 0 Å². The molecule has 0 bridgehead atoms. The predicted octanol–water partition coefficient (Wildman–Crippen LogP) is 1.60. The third-order valence-corrected chi connectivity index (χ3v) is 4.97. The zero-order valence-electron chi connectivity index (χ0n) is 9.41. The maximum absolute atomic E-state index is 12.0. The maximum Gasteiger partial charge on any atom is 0.258 e. The van der Waals surface area contributed by atoms with Crippen LogP contribution in [0.1, 0.15) is 25.7 Å². The van der Waals surface area contributed by atoms with Gasteiger partial charge in [0.05, 0.1) is 0 Å². The van der Waals surface area contributed by atoms with Crippen molar-refractivity contribution in [3.8, 4) is 0 Å². The Labute approximate surface area is 107 Å². The first kappa shape index (κ1) is 12.9. The van der Waals surface area contributed by atoms with Gasteiger partial charge in [0.15, 0.2) is 5.03 Å². The molecule has 1 aromatic rings. The van der Waals surface area contributed by atoms with E-state index in [2.05, 4.69) is 22.3 Å². The minimum Gasteiger partial charge on any atom is -0.243 e. The smallest absolute Gasteiger partial charge is 0.243 e. The second-order valence-electron chi connectivity index (χ2n) is 4.25. The number of nitrogens with zero attached hydrogens (tertiary/aromatic N) is 1. The molecule has 1 aliphatic carbocycles. The number of aromatic nitrogens is 1. The Hall–Kier alpha value is -0.590.